The van der Waals surface area contributed by atoms with Gasteiger partial charge in [-0.25, -0.2) is 4.79 Å². The summed E-state index contributed by atoms with van der Waals surface area (Å²) in [4.78, 5) is 23.2. The first-order valence-electron chi connectivity index (χ1n) is 5.39. The summed E-state index contributed by atoms with van der Waals surface area (Å²) in [6.07, 6.45) is -0.751. The highest BCUT2D eigenvalue weighted by atomic mass is 16.4. The molecule has 0 aromatic rings. The second-order valence-corrected chi connectivity index (χ2v) is 5.28. The van der Waals surface area contributed by atoms with Crippen molar-refractivity contribution in [2.45, 2.75) is 45.3 Å². The van der Waals surface area contributed by atoms with Crippen molar-refractivity contribution < 1.29 is 19.8 Å². The fourth-order valence-corrected chi connectivity index (χ4v) is 2.72. The van der Waals surface area contributed by atoms with Gasteiger partial charge in [-0.1, -0.05) is 20.8 Å². The van der Waals surface area contributed by atoms with Crippen LogP contribution in [0.15, 0.2) is 0 Å². The van der Waals surface area contributed by atoms with E-state index in [1.165, 1.54) is 4.90 Å². The number of nitrogens with zero attached hydrogens (tertiary/aromatic N) is 1. The molecule has 2 N–H and O–H groups in total. The molecule has 0 radical (unpaired) electrons. The first-order chi connectivity index (χ1) is 7.27. The van der Waals surface area contributed by atoms with Crippen LogP contribution in [-0.2, 0) is 4.79 Å². The normalized spacial score (nSPS) is 30.5. The number of carbonyl (C=O) groups is 2. The topological polar surface area (TPSA) is 77.8 Å². The SMILES string of the molecule is CC(C)(C)[C@]1(CC=O)[C@@H](O)CCN1C(=O)O. The number of carboxylic acid groups (broad SMARTS) is 1. The van der Waals surface area contributed by atoms with E-state index in [2.05, 4.69) is 0 Å². The molecule has 92 valence electrons. The molecule has 1 rings (SSSR count). The minimum absolute atomic E-state index is 0.0317. The molecule has 1 saturated heterocycles. The van der Waals surface area contributed by atoms with E-state index in [-0.39, 0.29) is 13.0 Å². The number of amides is 1. The van der Waals surface area contributed by atoms with Crippen molar-refractivity contribution in [3.63, 3.8) is 0 Å². The molecule has 0 saturated carbocycles. The average Bonchev–Trinajstić information content (AvgIpc) is 2.44. The molecule has 1 aliphatic rings. The van der Waals surface area contributed by atoms with Gasteiger partial charge in [0.15, 0.2) is 0 Å². The lowest BCUT2D eigenvalue weighted by molar-refractivity contribution is -0.115. The highest BCUT2D eigenvalue weighted by Crippen LogP contribution is 2.45. The van der Waals surface area contributed by atoms with E-state index in [9.17, 15) is 14.7 Å². The van der Waals surface area contributed by atoms with Gasteiger partial charge in [0.05, 0.1) is 11.6 Å². The first-order valence-corrected chi connectivity index (χ1v) is 5.39. The maximum absolute atomic E-state index is 11.2. The van der Waals surface area contributed by atoms with Crippen molar-refractivity contribution in [1.29, 1.82) is 0 Å². The summed E-state index contributed by atoms with van der Waals surface area (Å²) in [6.45, 7) is 5.82. The van der Waals surface area contributed by atoms with Gasteiger partial charge in [-0.05, 0) is 11.8 Å². The van der Waals surface area contributed by atoms with Crippen LogP contribution in [0.4, 0.5) is 4.79 Å². The Labute approximate surface area is 95.1 Å². The van der Waals surface area contributed by atoms with Crippen molar-refractivity contribution in [2.24, 2.45) is 5.41 Å². The molecule has 0 aromatic carbocycles. The molecule has 0 aromatic heterocycles. The van der Waals surface area contributed by atoms with Crippen LogP contribution in [0.25, 0.3) is 0 Å². The Kier molecular flexibility index (Phi) is 3.28. The molecule has 5 nitrogen and oxygen atoms in total. The van der Waals surface area contributed by atoms with Crippen LogP contribution in [0, 0.1) is 5.41 Å². The van der Waals surface area contributed by atoms with Crippen LogP contribution < -0.4 is 0 Å². The summed E-state index contributed by atoms with van der Waals surface area (Å²) in [5, 5.41) is 19.2. The second kappa shape index (κ2) is 4.05. The van der Waals surface area contributed by atoms with Gasteiger partial charge in [0.2, 0.25) is 0 Å². The molecular weight excluding hydrogens is 210 g/mol. The molecule has 0 aliphatic carbocycles. The van der Waals surface area contributed by atoms with Gasteiger partial charge >= 0.3 is 6.09 Å². The largest absolute Gasteiger partial charge is 0.465 e. The zero-order chi connectivity index (χ0) is 12.6. The highest BCUT2D eigenvalue weighted by Gasteiger charge is 2.57. The van der Waals surface area contributed by atoms with E-state index in [0.29, 0.717) is 12.7 Å². The summed E-state index contributed by atoms with van der Waals surface area (Å²) >= 11 is 0. The van der Waals surface area contributed by atoms with E-state index < -0.39 is 23.2 Å². The minimum Gasteiger partial charge on any atom is -0.465 e. The van der Waals surface area contributed by atoms with Crippen LogP contribution in [0.3, 0.4) is 0 Å². The smallest absolute Gasteiger partial charge is 0.407 e. The van der Waals surface area contributed by atoms with Gasteiger partial charge in [-0.15, -0.1) is 0 Å². The lowest BCUT2D eigenvalue weighted by atomic mass is 9.68. The number of aldehydes is 1. The van der Waals surface area contributed by atoms with Crippen LogP contribution in [0.1, 0.15) is 33.6 Å². The quantitative estimate of drug-likeness (QED) is 0.695. The lowest BCUT2D eigenvalue weighted by Crippen LogP contribution is -2.60. The molecule has 1 aliphatic heterocycles. The first kappa shape index (κ1) is 13.0. The number of hydrogen-bond donors (Lipinski definition) is 2. The zero-order valence-electron chi connectivity index (χ0n) is 9.93. The van der Waals surface area contributed by atoms with Gasteiger partial charge in [-0.3, -0.25) is 4.90 Å². The Morgan fingerprint density at radius 3 is 2.50 bits per heavy atom. The molecule has 0 spiro atoms. The molecule has 0 unspecified atom stereocenters. The van der Waals surface area contributed by atoms with E-state index in [1.807, 2.05) is 20.8 Å². The number of aliphatic hydroxyl groups is 1. The molecule has 1 heterocycles. The molecule has 16 heavy (non-hydrogen) atoms. The molecule has 2 atom stereocenters. The van der Waals surface area contributed by atoms with E-state index >= 15 is 0 Å². The Morgan fingerprint density at radius 1 is 1.56 bits per heavy atom. The van der Waals surface area contributed by atoms with Crippen molar-refractivity contribution in [3.8, 4) is 0 Å². The fraction of sp³-hybridized carbons (Fsp3) is 0.818. The number of rotatable bonds is 2. The number of likely N-dealkylation sites (tertiary alicyclic amines) is 1. The molecular formula is C11H19NO4. The van der Waals surface area contributed by atoms with E-state index in [0.717, 1.165) is 0 Å². The van der Waals surface area contributed by atoms with Gasteiger partial charge in [0.25, 0.3) is 0 Å². The van der Waals surface area contributed by atoms with Gasteiger partial charge in [0.1, 0.15) is 6.29 Å². The zero-order valence-corrected chi connectivity index (χ0v) is 9.93. The van der Waals surface area contributed by atoms with Crippen LogP contribution in [0.2, 0.25) is 0 Å². The van der Waals surface area contributed by atoms with E-state index in [4.69, 9.17) is 5.11 Å². The molecule has 0 bridgehead atoms. The van der Waals surface area contributed by atoms with Crippen molar-refractivity contribution in [3.05, 3.63) is 0 Å². The van der Waals surface area contributed by atoms with Crippen LogP contribution in [0.5, 0.6) is 0 Å². The maximum Gasteiger partial charge on any atom is 0.407 e. The number of hydrogen-bond acceptors (Lipinski definition) is 3. The summed E-state index contributed by atoms with van der Waals surface area (Å²) < 4.78 is 0. The van der Waals surface area contributed by atoms with Crippen LogP contribution >= 0.6 is 0 Å². The second-order valence-electron chi connectivity index (χ2n) is 5.28. The summed E-state index contributed by atoms with van der Waals surface area (Å²) in [7, 11) is 0. The Hall–Kier alpha value is -1.10. The monoisotopic (exact) mass is 229 g/mol. The third-order valence-electron chi connectivity index (χ3n) is 3.58. The third-order valence-corrected chi connectivity index (χ3v) is 3.58. The van der Waals surface area contributed by atoms with Crippen molar-refractivity contribution in [2.75, 3.05) is 6.54 Å². The number of carbonyl (C=O) groups excluding carboxylic acids is 1. The van der Waals surface area contributed by atoms with Crippen molar-refractivity contribution >= 4 is 12.4 Å². The van der Waals surface area contributed by atoms with E-state index in [1.54, 1.807) is 0 Å². The van der Waals surface area contributed by atoms with Gasteiger partial charge in [0, 0.05) is 13.0 Å². The predicted molar refractivity (Wildman–Crippen MR) is 58.2 cm³/mol. The molecule has 1 fully saturated rings. The van der Waals surface area contributed by atoms with Gasteiger partial charge < -0.3 is 15.0 Å². The Morgan fingerprint density at radius 2 is 2.12 bits per heavy atom. The lowest BCUT2D eigenvalue weighted by Gasteiger charge is -2.47. The Bertz CT molecular complexity index is 297. The van der Waals surface area contributed by atoms with Gasteiger partial charge in [-0.2, -0.15) is 0 Å². The highest BCUT2D eigenvalue weighted by molar-refractivity contribution is 5.69. The number of aliphatic hydroxyl groups excluding tert-OH is 1. The van der Waals surface area contributed by atoms with Crippen molar-refractivity contribution in [1.82, 2.24) is 4.90 Å². The summed E-state index contributed by atoms with van der Waals surface area (Å²) in [5.41, 5.74) is -1.48. The Balaban J connectivity index is 3.23. The standard InChI is InChI=1S/C11H19NO4/c1-10(2,3)11(5-7-13)8(14)4-6-12(11)9(15)16/h7-8,14H,4-6H2,1-3H3,(H,15,16)/t8-,11-/m0/s1. The molecule has 5 heteroatoms. The van der Waals surface area contributed by atoms with Crippen LogP contribution in [-0.4, -0.2) is 45.7 Å². The maximum atomic E-state index is 11.2. The summed E-state index contributed by atoms with van der Waals surface area (Å²) in [6, 6.07) is 0. The summed E-state index contributed by atoms with van der Waals surface area (Å²) in [5.74, 6) is 0. The predicted octanol–water partition coefficient (Wildman–Crippen LogP) is 1.10. The average molecular weight is 229 g/mol. The third kappa shape index (κ3) is 1.69. The fourth-order valence-electron chi connectivity index (χ4n) is 2.72. The molecule has 1 amide bonds. The minimum atomic E-state index is -1.08.